The summed E-state index contributed by atoms with van der Waals surface area (Å²) in [7, 11) is 0. The zero-order valence-electron chi connectivity index (χ0n) is 21.3. The molecule has 0 radical (unpaired) electrons. The lowest BCUT2D eigenvalue weighted by molar-refractivity contribution is 0.0853. The number of hydrogen-bond acceptors (Lipinski definition) is 3. The number of alkyl halides is 2. The molecule has 0 aliphatic carbocycles. The van der Waals surface area contributed by atoms with Crippen LogP contribution in [0.2, 0.25) is 0 Å². The second kappa shape index (κ2) is 11.2. The first-order valence-electron chi connectivity index (χ1n) is 12.6. The Bertz CT molecular complexity index is 1130. The standard InChI is InChI=1S/C16H21FN2.C12H15F3N2/c1-11-8-13-12-6-4-5-7-14(12)18-15(13)9-19(11)10-16(2,3)17;13-2-1-3-17-7-12(8-17)16-11-5-9(14)4-10(15)6-11/h4-7,11,18H,8-10H2,1-3H3;4-6,12,16H,1-3,7-8H2. The predicted molar refractivity (Wildman–Crippen MR) is 138 cm³/mol. The van der Waals surface area contributed by atoms with E-state index < -0.39 is 17.3 Å². The molecule has 196 valence electrons. The number of H-pyrrole nitrogens is 1. The van der Waals surface area contributed by atoms with Crippen LogP contribution >= 0.6 is 0 Å². The van der Waals surface area contributed by atoms with Gasteiger partial charge in [-0.1, -0.05) is 18.2 Å². The van der Waals surface area contributed by atoms with E-state index in [4.69, 9.17) is 0 Å². The van der Waals surface area contributed by atoms with E-state index in [2.05, 4.69) is 51.3 Å². The Balaban J connectivity index is 0.000000170. The van der Waals surface area contributed by atoms with E-state index in [9.17, 15) is 17.6 Å². The average molecular weight is 505 g/mol. The van der Waals surface area contributed by atoms with E-state index in [1.807, 2.05) is 0 Å². The minimum Gasteiger partial charge on any atom is -0.380 e. The molecule has 1 fully saturated rings. The van der Waals surface area contributed by atoms with Crippen molar-refractivity contribution in [2.45, 2.75) is 57.9 Å². The van der Waals surface area contributed by atoms with Gasteiger partial charge in [0, 0.05) is 67.1 Å². The van der Waals surface area contributed by atoms with Crippen LogP contribution in [-0.4, -0.2) is 65.4 Å². The monoisotopic (exact) mass is 504 g/mol. The smallest absolute Gasteiger partial charge is 0.128 e. The summed E-state index contributed by atoms with van der Waals surface area (Å²) in [6, 6.07) is 12.4. The first-order chi connectivity index (χ1) is 17.1. The quantitative estimate of drug-likeness (QED) is 0.383. The molecule has 3 heterocycles. The molecule has 0 amide bonds. The van der Waals surface area contributed by atoms with E-state index in [1.165, 1.54) is 34.3 Å². The van der Waals surface area contributed by atoms with Crippen molar-refractivity contribution in [1.82, 2.24) is 14.8 Å². The summed E-state index contributed by atoms with van der Waals surface area (Å²) < 4.78 is 51.6. The first kappa shape index (κ1) is 26.5. The molecule has 2 aliphatic heterocycles. The fraction of sp³-hybridized carbons (Fsp3) is 0.500. The number of aromatic amines is 1. The van der Waals surface area contributed by atoms with Crippen molar-refractivity contribution in [3.05, 3.63) is 65.4 Å². The van der Waals surface area contributed by atoms with Crippen LogP contribution in [0.3, 0.4) is 0 Å². The molecule has 5 rings (SSSR count). The Morgan fingerprint density at radius 3 is 2.44 bits per heavy atom. The summed E-state index contributed by atoms with van der Waals surface area (Å²) in [5, 5.41) is 4.37. The number of fused-ring (bicyclic) bond motifs is 3. The molecule has 36 heavy (non-hydrogen) atoms. The molecular formula is C28H36F4N4. The van der Waals surface area contributed by atoms with Gasteiger partial charge >= 0.3 is 0 Å². The Hall–Kier alpha value is -2.58. The third-order valence-electron chi connectivity index (χ3n) is 6.76. The van der Waals surface area contributed by atoms with Gasteiger partial charge < -0.3 is 10.3 Å². The van der Waals surface area contributed by atoms with Crippen molar-refractivity contribution in [2.24, 2.45) is 0 Å². The number of likely N-dealkylation sites (tertiary alicyclic amines) is 1. The number of nitrogens with zero attached hydrogens (tertiary/aromatic N) is 2. The van der Waals surface area contributed by atoms with Crippen LogP contribution in [0.25, 0.3) is 10.9 Å². The predicted octanol–water partition coefficient (Wildman–Crippen LogP) is 6.08. The topological polar surface area (TPSA) is 34.3 Å². The summed E-state index contributed by atoms with van der Waals surface area (Å²) in [6.45, 7) is 8.82. The van der Waals surface area contributed by atoms with E-state index in [0.717, 1.165) is 38.7 Å². The van der Waals surface area contributed by atoms with Crippen LogP contribution in [0, 0.1) is 11.6 Å². The van der Waals surface area contributed by atoms with Gasteiger partial charge in [-0.15, -0.1) is 0 Å². The molecule has 1 atom stereocenters. The molecule has 0 saturated carbocycles. The van der Waals surface area contributed by atoms with Crippen LogP contribution in [0.4, 0.5) is 23.2 Å². The highest BCUT2D eigenvalue weighted by molar-refractivity contribution is 5.84. The zero-order chi connectivity index (χ0) is 25.9. The van der Waals surface area contributed by atoms with Crippen molar-refractivity contribution < 1.29 is 17.6 Å². The Labute approximate surface area is 210 Å². The lowest BCUT2D eigenvalue weighted by atomic mass is 9.96. The normalized spacial score (nSPS) is 18.9. The maximum atomic E-state index is 13.9. The van der Waals surface area contributed by atoms with Crippen molar-refractivity contribution in [3.8, 4) is 0 Å². The van der Waals surface area contributed by atoms with Crippen molar-refractivity contribution >= 4 is 16.6 Å². The lowest BCUT2D eigenvalue weighted by Gasteiger charge is -2.40. The molecule has 2 aliphatic rings. The number of nitrogens with one attached hydrogen (secondary N) is 2. The van der Waals surface area contributed by atoms with Gasteiger partial charge in [0.05, 0.1) is 12.7 Å². The number of hydrogen-bond donors (Lipinski definition) is 2. The van der Waals surface area contributed by atoms with E-state index in [0.29, 0.717) is 24.7 Å². The van der Waals surface area contributed by atoms with Gasteiger partial charge in [-0.05, 0) is 57.4 Å². The highest BCUT2D eigenvalue weighted by Gasteiger charge is 2.30. The summed E-state index contributed by atoms with van der Waals surface area (Å²) in [5.74, 6) is -1.16. The molecule has 8 heteroatoms. The molecule has 1 unspecified atom stereocenters. The summed E-state index contributed by atoms with van der Waals surface area (Å²) in [6.07, 6.45) is 1.54. The second-order valence-electron chi connectivity index (χ2n) is 10.6. The summed E-state index contributed by atoms with van der Waals surface area (Å²) in [5.41, 5.74) is 3.18. The third-order valence-corrected chi connectivity index (χ3v) is 6.76. The van der Waals surface area contributed by atoms with E-state index in [1.54, 1.807) is 13.8 Å². The SMILES string of the molecule is CC1Cc2c([nH]c3ccccc23)CN1CC(C)(C)F.FCCCN1CC(Nc2cc(F)cc(F)c2)C1. The maximum absolute atomic E-state index is 13.9. The van der Waals surface area contributed by atoms with Gasteiger partial charge in [-0.2, -0.15) is 0 Å². The number of benzene rings is 2. The van der Waals surface area contributed by atoms with Crippen molar-refractivity contribution in [3.63, 3.8) is 0 Å². The molecule has 2 aromatic carbocycles. The lowest BCUT2D eigenvalue weighted by Crippen LogP contribution is -2.54. The third kappa shape index (κ3) is 6.79. The van der Waals surface area contributed by atoms with Crippen LogP contribution in [0.5, 0.6) is 0 Å². The van der Waals surface area contributed by atoms with Crippen molar-refractivity contribution in [1.29, 1.82) is 0 Å². The molecule has 0 spiro atoms. The van der Waals surface area contributed by atoms with E-state index >= 15 is 0 Å². The first-order valence-corrected chi connectivity index (χ1v) is 12.6. The minimum absolute atomic E-state index is 0.191. The minimum atomic E-state index is -1.14. The zero-order valence-corrected chi connectivity index (χ0v) is 21.3. The van der Waals surface area contributed by atoms with Gasteiger partial charge in [0.2, 0.25) is 0 Å². The molecule has 1 saturated heterocycles. The van der Waals surface area contributed by atoms with Gasteiger partial charge in [-0.3, -0.25) is 14.2 Å². The van der Waals surface area contributed by atoms with Crippen LogP contribution in [0.15, 0.2) is 42.5 Å². The highest BCUT2D eigenvalue weighted by atomic mass is 19.1. The molecule has 0 bridgehead atoms. The number of para-hydroxylation sites is 1. The Morgan fingerprint density at radius 2 is 1.78 bits per heavy atom. The fourth-order valence-electron chi connectivity index (χ4n) is 5.10. The highest BCUT2D eigenvalue weighted by Crippen LogP contribution is 2.31. The van der Waals surface area contributed by atoms with Gasteiger partial charge in [-0.25, -0.2) is 13.2 Å². The van der Waals surface area contributed by atoms with Gasteiger partial charge in [0.25, 0.3) is 0 Å². The molecular weight excluding hydrogens is 468 g/mol. The van der Waals surface area contributed by atoms with Gasteiger partial charge in [0.15, 0.2) is 0 Å². The number of rotatable bonds is 7. The van der Waals surface area contributed by atoms with Crippen molar-refractivity contribution in [2.75, 3.05) is 38.2 Å². The fourth-order valence-corrected chi connectivity index (χ4v) is 5.10. The molecule has 1 aromatic heterocycles. The number of anilines is 1. The maximum Gasteiger partial charge on any atom is 0.128 e. The molecule has 3 aromatic rings. The molecule has 4 nitrogen and oxygen atoms in total. The second-order valence-corrected chi connectivity index (χ2v) is 10.6. The van der Waals surface area contributed by atoms with Crippen LogP contribution in [0.1, 0.15) is 38.4 Å². The van der Waals surface area contributed by atoms with Crippen LogP contribution in [-0.2, 0) is 13.0 Å². The van der Waals surface area contributed by atoms with Crippen LogP contribution < -0.4 is 5.32 Å². The average Bonchev–Trinajstić information content (AvgIpc) is 3.11. The number of aromatic nitrogens is 1. The largest absolute Gasteiger partial charge is 0.380 e. The van der Waals surface area contributed by atoms with Gasteiger partial charge in [0.1, 0.15) is 17.3 Å². The summed E-state index contributed by atoms with van der Waals surface area (Å²) >= 11 is 0. The van der Waals surface area contributed by atoms with E-state index in [-0.39, 0.29) is 12.7 Å². The Morgan fingerprint density at radius 1 is 1.08 bits per heavy atom. The Kier molecular flexibility index (Phi) is 8.25. The molecule has 2 N–H and O–H groups in total. The number of halogens is 4. The summed E-state index contributed by atoms with van der Waals surface area (Å²) in [4.78, 5) is 7.83.